The second-order valence-corrected chi connectivity index (χ2v) is 5.49. The van der Waals surface area contributed by atoms with Gasteiger partial charge in [-0.15, -0.1) is 0 Å². The van der Waals surface area contributed by atoms with E-state index in [0.29, 0.717) is 5.92 Å². The fourth-order valence-electron chi connectivity index (χ4n) is 2.50. The van der Waals surface area contributed by atoms with Gasteiger partial charge in [-0.05, 0) is 30.5 Å². The van der Waals surface area contributed by atoms with E-state index in [-0.39, 0.29) is 6.04 Å². The molecule has 0 fully saturated rings. The monoisotopic (exact) mass is 257 g/mol. The molecule has 3 heteroatoms. The second-order valence-electron chi connectivity index (χ2n) is 5.49. The van der Waals surface area contributed by atoms with Crippen molar-refractivity contribution in [3.63, 3.8) is 0 Å². The molecule has 0 saturated heterocycles. The van der Waals surface area contributed by atoms with Crippen LogP contribution in [0.4, 0.5) is 0 Å². The molecule has 3 nitrogen and oxygen atoms in total. The van der Waals surface area contributed by atoms with Crippen LogP contribution in [0.2, 0.25) is 0 Å². The average molecular weight is 257 g/mol. The first-order valence-corrected chi connectivity index (χ1v) is 6.84. The van der Waals surface area contributed by atoms with Gasteiger partial charge in [-0.2, -0.15) is 0 Å². The van der Waals surface area contributed by atoms with Crippen molar-refractivity contribution < 1.29 is 0 Å². The molecular formula is C16H23N3. The van der Waals surface area contributed by atoms with Crippen molar-refractivity contribution in [3.8, 4) is 0 Å². The summed E-state index contributed by atoms with van der Waals surface area (Å²) >= 11 is 0. The van der Waals surface area contributed by atoms with E-state index in [1.165, 1.54) is 16.8 Å². The molecule has 0 aliphatic rings. The highest BCUT2D eigenvalue weighted by Gasteiger charge is 2.15. The lowest BCUT2D eigenvalue weighted by Gasteiger charge is -2.18. The Kier molecular flexibility index (Phi) is 4.38. The first-order chi connectivity index (χ1) is 9.11. The van der Waals surface area contributed by atoms with Crippen molar-refractivity contribution in [3.05, 3.63) is 53.6 Å². The van der Waals surface area contributed by atoms with Crippen LogP contribution >= 0.6 is 0 Å². The summed E-state index contributed by atoms with van der Waals surface area (Å²) in [6.07, 6.45) is 4.89. The van der Waals surface area contributed by atoms with E-state index in [4.69, 9.17) is 0 Å². The van der Waals surface area contributed by atoms with Gasteiger partial charge in [0, 0.05) is 7.05 Å². The predicted molar refractivity (Wildman–Crippen MR) is 79.1 cm³/mol. The first-order valence-electron chi connectivity index (χ1n) is 6.84. The van der Waals surface area contributed by atoms with Crippen LogP contribution in [-0.2, 0) is 13.5 Å². The van der Waals surface area contributed by atoms with Crippen LogP contribution in [0.5, 0.6) is 0 Å². The quantitative estimate of drug-likeness (QED) is 0.892. The third-order valence-electron chi connectivity index (χ3n) is 3.37. The van der Waals surface area contributed by atoms with Crippen LogP contribution in [0.3, 0.4) is 0 Å². The van der Waals surface area contributed by atoms with Gasteiger partial charge in [0.2, 0.25) is 0 Å². The Bertz CT molecular complexity index is 528. The van der Waals surface area contributed by atoms with E-state index < -0.39 is 0 Å². The minimum Gasteiger partial charge on any atom is -0.336 e. The van der Waals surface area contributed by atoms with Gasteiger partial charge in [0.05, 0.1) is 24.3 Å². The summed E-state index contributed by atoms with van der Waals surface area (Å²) in [6, 6.07) is 9.03. The standard InChI is InChI=1S/C16H23N3/c1-12(2)8-13-6-5-7-14(9-13)16(17-3)15-10-18-11-19(15)4/h5-7,9-12,16-17H,8H2,1-4H3. The summed E-state index contributed by atoms with van der Waals surface area (Å²) in [4.78, 5) is 4.21. The van der Waals surface area contributed by atoms with Crippen LogP contribution in [0, 0.1) is 5.92 Å². The third-order valence-corrected chi connectivity index (χ3v) is 3.37. The Morgan fingerprint density at radius 3 is 2.68 bits per heavy atom. The third kappa shape index (κ3) is 3.24. The first kappa shape index (κ1) is 13.8. The Morgan fingerprint density at radius 1 is 1.32 bits per heavy atom. The zero-order chi connectivity index (χ0) is 13.8. The summed E-state index contributed by atoms with van der Waals surface area (Å²) in [7, 11) is 4.03. The van der Waals surface area contributed by atoms with Gasteiger partial charge in [-0.1, -0.05) is 38.1 Å². The van der Waals surface area contributed by atoms with Gasteiger partial charge in [0.1, 0.15) is 0 Å². The van der Waals surface area contributed by atoms with Crippen molar-refractivity contribution >= 4 is 0 Å². The second kappa shape index (κ2) is 6.02. The molecule has 102 valence electrons. The molecule has 1 heterocycles. The number of aromatic nitrogens is 2. The topological polar surface area (TPSA) is 29.9 Å². The molecule has 0 aliphatic heterocycles. The van der Waals surface area contributed by atoms with Crippen molar-refractivity contribution in [1.82, 2.24) is 14.9 Å². The SMILES string of the molecule is CNC(c1cccc(CC(C)C)c1)c1cncn1C. The lowest BCUT2D eigenvalue weighted by molar-refractivity contribution is 0.629. The van der Waals surface area contributed by atoms with Crippen molar-refractivity contribution in [2.45, 2.75) is 26.3 Å². The Labute approximate surface area is 115 Å². The fourth-order valence-corrected chi connectivity index (χ4v) is 2.50. The lowest BCUT2D eigenvalue weighted by Crippen LogP contribution is -2.20. The minimum atomic E-state index is 0.194. The maximum absolute atomic E-state index is 4.21. The Hall–Kier alpha value is -1.61. The van der Waals surface area contributed by atoms with Gasteiger partial charge < -0.3 is 9.88 Å². The van der Waals surface area contributed by atoms with Crippen LogP contribution < -0.4 is 5.32 Å². The van der Waals surface area contributed by atoms with Crippen molar-refractivity contribution in [1.29, 1.82) is 0 Å². The van der Waals surface area contributed by atoms with Gasteiger partial charge in [0.25, 0.3) is 0 Å². The van der Waals surface area contributed by atoms with Gasteiger partial charge in [0.15, 0.2) is 0 Å². The summed E-state index contributed by atoms with van der Waals surface area (Å²) in [5, 5.41) is 3.38. The predicted octanol–water partition coefficient (Wildman–Crippen LogP) is 2.93. The smallest absolute Gasteiger partial charge is 0.0946 e. The Morgan fingerprint density at radius 2 is 2.11 bits per heavy atom. The number of benzene rings is 1. The number of hydrogen-bond donors (Lipinski definition) is 1. The fraction of sp³-hybridized carbons (Fsp3) is 0.438. The molecule has 1 aromatic heterocycles. The summed E-state index contributed by atoms with van der Waals surface area (Å²) in [6.45, 7) is 4.51. The molecule has 0 radical (unpaired) electrons. The van der Waals surface area contributed by atoms with Crippen LogP contribution in [-0.4, -0.2) is 16.6 Å². The molecule has 1 unspecified atom stereocenters. The summed E-state index contributed by atoms with van der Waals surface area (Å²) in [5.41, 5.74) is 3.88. The molecule has 0 amide bonds. The molecule has 0 saturated carbocycles. The number of rotatable bonds is 5. The maximum Gasteiger partial charge on any atom is 0.0946 e. The molecule has 0 spiro atoms. The van der Waals surface area contributed by atoms with Crippen LogP contribution in [0.15, 0.2) is 36.8 Å². The lowest BCUT2D eigenvalue weighted by atomic mass is 9.97. The number of nitrogens with one attached hydrogen (secondary N) is 1. The molecule has 1 N–H and O–H groups in total. The number of aryl methyl sites for hydroxylation is 1. The van der Waals surface area contributed by atoms with E-state index in [2.05, 4.69) is 53.0 Å². The molecular weight excluding hydrogens is 234 g/mol. The molecule has 0 bridgehead atoms. The molecule has 19 heavy (non-hydrogen) atoms. The number of hydrogen-bond acceptors (Lipinski definition) is 2. The molecule has 2 rings (SSSR count). The van der Waals surface area contributed by atoms with E-state index in [9.17, 15) is 0 Å². The average Bonchev–Trinajstić information content (AvgIpc) is 2.77. The van der Waals surface area contributed by atoms with Crippen molar-refractivity contribution in [2.75, 3.05) is 7.05 Å². The summed E-state index contributed by atoms with van der Waals surface area (Å²) < 4.78 is 2.07. The normalized spacial score (nSPS) is 12.9. The van der Waals surface area contributed by atoms with Crippen molar-refractivity contribution in [2.24, 2.45) is 13.0 Å². The van der Waals surface area contributed by atoms with Crippen LogP contribution in [0.25, 0.3) is 0 Å². The zero-order valence-corrected chi connectivity index (χ0v) is 12.2. The zero-order valence-electron chi connectivity index (χ0n) is 12.2. The van der Waals surface area contributed by atoms with Crippen LogP contribution in [0.1, 0.15) is 36.7 Å². The van der Waals surface area contributed by atoms with E-state index in [1.807, 2.05) is 26.6 Å². The van der Waals surface area contributed by atoms with E-state index in [1.54, 1.807) is 0 Å². The van der Waals surface area contributed by atoms with Gasteiger partial charge in [-0.3, -0.25) is 0 Å². The maximum atomic E-state index is 4.21. The summed E-state index contributed by atoms with van der Waals surface area (Å²) in [5.74, 6) is 0.681. The number of nitrogens with zero attached hydrogens (tertiary/aromatic N) is 2. The van der Waals surface area contributed by atoms with Gasteiger partial charge in [-0.25, -0.2) is 4.98 Å². The number of imidazole rings is 1. The van der Waals surface area contributed by atoms with E-state index in [0.717, 1.165) is 6.42 Å². The highest BCUT2D eigenvalue weighted by atomic mass is 15.1. The van der Waals surface area contributed by atoms with Gasteiger partial charge >= 0.3 is 0 Å². The minimum absolute atomic E-state index is 0.194. The largest absolute Gasteiger partial charge is 0.336 e. The molecule has 1 atom stereocenters. The Balaban J connectivity index is 2.31. The molecule has 0 aliphatic carbocycles. The highest BCUT2D eigenvalue weighted by molar-refractivity contribution is 5.31. The van der Waals surface area contributed by atoms with E-state index >= 15 is 0 Å². The molecule has 2 aromatic rings. The highest BCUT2D eigenvalue weighted by Crippen LogP contribution is 2.22. The molecule has 1 aromatic carbocycles.